The number of anilines is 1. The molecule has 0 saturated carbocycles. The first-order chi connectivity index (χ1) is 13.6. The summed E-state index contributed by atoms with van der Waals surface area (Å²) in [5.41, 5.74) is 10.8. The third kappa shape index (κ3) is 4.98. The molecule has 1 heterocycles. The summed E-state index contributed by atoms with van der Waals surface area (Å²) in [5, 5.41) is 3.45. The second-order valence-electron chi connectivity index (χ2n) is 6.59. The van der Waals surface area contributed by atoms with Crippen LogP contribution in [0.4, 0.5) is 5.69 Å². The Hall–Kier alpha value is -3.12. The Morgan fingerprint density at radius 3 is 2.79 bits per heavy atom. The molecule has 0 aliphatic heterocycles. The first kappa shape index (κ1) is 19.6. The third-order valence-corrected chi connectivity index (χ3v) is 4.53. The zero-order valence-corrected chi connectivity index (χ0v) is 16.3. The quantitative estimate of drug-likeness (QED) is 0.272. The van der Waals surface area contributed by atoms with Gasteiger partial charge in [-0.1, -0.05) is 24.3 Å². The molecule has 3 N–H and O–H groups in total. The van der Waals surface area contributed by atoms with Gasteiger partial charge in [-0.2, -0.15) is 0 Å². The van der Waals surface area contributed by atoms with Crippen molar-refractivity contribution in [2.24, 2.45) is 7.05 Å². The summed E-state index contributed by atoms with van der Waals surface area (Å²) < 4.78 is 6.99. The van der Waals surface area contributed by atoms with Gasteiger partial charge in [0.1, 0.15) is 5.82 Å². The molecule has 0 amide bonds. The number of carbonyl (C=O) groups is 1. The Morgan fingerprint density at radius 2 is 2.04 bits per heavy atom. The summed E-state index contributed by atoms with van der Waals surface area (Å²) in [6.07, 6.45) is 4.04. The summed E-state index contributed by atoms with van der Waals surface area (Å²) in [7, 11) is 2.03. The number of esters is 1. The maximum Gasteiger partial charge on any atom is 0.330 e. The summed E-state index contributed by atoms with van der Waals surface area (Å²) >= 11 is 0. The van der Waals surface area contributed by atoms with E-state index in [1.807, 2.05) is 37.4 Å². The lowest BCUT2D eigenvalue weighted by Gasteiger charge is -2.06. The molecule has 6 heteroatoms. The van der Waals surface area contributed by atoms with E-state index >= 15 is 0 Å². The third-order valence-electron chi connectivity index (χ3n) is 4.53. The van der Waals surface area contributed by atoms with Crippen molar-refractivity contribution in [1.29, 1.82) is 0 Å². The van der Waals surface area contributed by atoms with Gasteiger partial charge in [-0.15, -0.1) is 0 Å². The van der Waals surface area contributed by atoms with Crippen LogP contribution in [0.15, 0.2) is 48.5 Å². The fraction of sp³-hybridized carbons (Fsp3) is 0.273. The molecule has 3 rings (SSSR count). The monoisotopic (exact) mass is 378 g/mol. The highest BCUT2D eigenvalue weighted by Gasteiger charge is 2.07. The topological polar surface area (TPSA) is 82.2 Å². The van der Waals surface area contributed by atoms with E-state index in [1.54, 1.807) is 13.0 Å². The van der Waals surface area contributed by atoms with Gasteiger partial charge in [-0.05, 0) is 42.3 Å². The van der Waals surface area contributed by atoms with Gasteiger partial charge in [-0.25, -0.2) is 9.78 Å². The van der Waals surface area contributed by atoms with Crippen LogP contribution in [0, 0.1) is 0 Å². The smallest absolute Gasteiger partial charge is 0.330 e. The lowest BCUT2D eigenvalue weighted by molar-refractivity contribution is -0.137. The van der Waals surface area contributed by atoms with Gasteiger partial charge in [0, 0.05) is 38.3 Å². The van der Waals surface area contributed by atoms with E-state index < -0.39 is 0 Å². The van der Waals surface area contributed by atoms with Crippen molar-refractivity contribution in [3.8, 4) is 0 Å². The van der Waals surface area contributed by atoms with Gasteiger partial charge >= 0.3 is 5.97 Å². The molecule has 0 radical (unpaired) electrons. The number of hydrogen-bond acceptors (Lipinski definition) is 5. The van der Waals surface area contributed by atoms with E-state index in [2.05, 4.69) is 27.0 Å². The van der Waals surface area contributed by atoms with Crippen LogP contribution < -0.4 is 11.1 Å². The average molecular weight is 378 g/mol. The number of nitrogens with two attached hydrogens (primary N) is 1. The first-order valence-electron chi connectivity index (χ1n) is 9.42. The molecule has 0 saturated heterocycles. The number of benzene rings is 2. The highest BCUT2D eigenvalue weighted by Crippen LogP contribution is 2.18. The van der Waals surface area contributed by atoms with Crippen LogP contribution >= 0.6 is 0 Å². The molecule has 3 aromatic rings. The minimum Gasteiger partial charge on any atom is -0.463 e. The molecule has 0 aliphatic rings. The Bertz CT molecular complexity index is 974. The van der Waals surface area contributed by atoms with Crippen LogP contribution in [-0.4, -0.2) is 28.7 Å². The SMILES string of the molecule is CCOC(=O)C=Cc1ccc(CNCCc2nc3cc(N)ccc3n2C)cc1. The average Bonchev–Trinajstić information content (AvgIpc) is 2.99. The minimum absolute atomic E-state index is 0.321. The summed E-state index contributed by atoms with van der Waals surface area (Å²) in [6, 6.07) is 13.9. The van der Waals surface area contributed by atoms with Crippen LogP contribution in [0.5, 0.6) is 0 Å². The normalized spacial score (nSPS) is 11.4. The van der Waals surface area contributed by atoms with Crippen molar-refractivity contribution in [3.63, 3.8) is 0 Å². The molecular weight excluding hydrogens is 352 g/mol. The number of hydrogen-bond donors (Lipinski definition) is 2. The molecule has 0 aliphatic carbocycles. The summed E-state index contributed by atoms with van der Waals surface area (Å²) in [4.78, 5) is 16.0. The Kier molecular flexibility index (Phi) is 6.45. The molecule has 0 unspecified atom stereocenters. The van der Waals surface area contributed by atoms with Crippen molar-refractivity contribution in [3.05, 3.63) is 65.5 Å². The molecule has 2 aromatic carbocycles. The van der Waals surface area contributed by atoms with Gasteiger partial charge in [0.05, 0.1) is 17.6 Å². The van der Waals surface area contributed by atoms with Crippen molar-refractivity contribution in [2.45, 2.75) is 19.9 Å². The zero-order chi connectivity index (χ0) is 19.9. The van der Waals surface area contributed by atoms with Crippen molar-refractivity contribution < 1.29 is 9.53 Å². The highest BCUT2D eigenvalue weighted by molar-refractivity contribution is 5.87. The standard InChI is InChI=1S/C22H26N4O2/c1-3-28-22(27)11-8-16-4-6-17(7-5-16)15-24-13-12-21-25-19-14-18(23)9-10-20(19)26(21)2/h4-11,14,24H,3,12-13,15,23H2,1-2H3. The zero-order valence-electron chi connectivity index (χ0n) is 16.3. The number of carbonyl (C=O) groups excluding carboxylic acids is 1. The number of imidazole rings is 1. The molecule has 1 aromatic heterocycles. The van der Waals surface area contributed by atoms with E-state index in [0.29, 0.717) is 6.61 Å². The van der Waals surface area contributed by atoms with Gasteiger partial charge in [-0.3, -0.25) is 0 Å². The molecule has 6 nitrogen and oxygen atoms in total. The van der Waals surface area contributed by atoms with E-state index in [9.17, 15) is 4.79 Å². The fourth-order valence-electron chi connectivity index (χ4n) is 3.02. The van der Waals surface area contributed by atoms with Gasteiger partial charge in [0.25, 0.3) is 0 Å². The predicted octanol–water partition coefficient (Wildman–Crippen LogP) is 3.06. The van der Waals surface area contributed by atoms with Crippen LogP contribution in [0.2, 0.25) is 0 Å². The molecule has 146 valence electrons. The maximum absolute atomic E-state index is 11.3. The van der Waals surface area contributed by atoms with Crippen molar-refractivity contribution in [2.75, 3.05) is 18.9 Å². The largest absolute Gasteiger partial charge is 0.463 e. The van der Waals surface area contributed by atoms with Crippen LogP contribution in [-0.2, 0) is 29.5 Å². The second-order valence-corrected chi connectivity index (χ2v) is 6.59. The van der Waals surface area contributed by atoms with E-state index in [1.165, 1.54) is 11.6 Å². The number of fused-ring (bicyclic) bond motifs is 1. The molecule has 0 atom stereocenters. The van der Waals surface area contributed by atoms with Gasteiger partial charge < -0.3 is 20.4 Å². The molecular formula is C22H26N4O2. The summed E-state index contributed by atoms with van der Waals surface area (Å²) in [6.45, 7) is 3.78. The maximum atomic E-state index is 11.3. The van der Waals surface area contributed by atoms with E-state index in [4.69, 9.17) is 10.5 Å². The molecule has 0 spiro atoms. The van der Waals surface area contributed by atoms with E-state index in [0.717, 1.165) is 47.6 Å². The number of rotatable bonds is 8. The number of aromatic nitrogens is 2. The molecule has 0 bridgehead atoms. The lowest BCUT2D eigenvalue weighted by Crippen LogP contribution is -2.18. The number of nitrogen functional groups attached to an aromatic ring is 1. The molecule has 0 fully saturated rings. The first-order valence-corrected chi connectivity index (χ1v) is 9.42. The van der Waals surface area contributed by atoms with Crippen LogP contribution in [0.1, 0.15) is 23.9 Å². The lowest BCUT2D eigenvalue weighted by atomic mass is 10.1. The van der Waals surface area contributed by atoms with Crippen LogP contribution in [0.25, 0.3) is 17.1 Å². The van der Waals surface area contributed by atoms with Crippen molar-refractivity contribution >= 4 is 28.8 Å². The van der Waals surface area contributed by atoms with E-state index in [-0.39, 0.29) is 5.97 Å². The number of ether oxygens (including phenoxy) is 1. The predicted molar refractivity (Wildman–Crippen MR) is 113 cm³/mol. The Balaban J connectivity index is 1.49. The Labute approximate surface area is 165 Å². The highest BCUT2D eigenvalue weighted by atomic mass is 16.5. The number of nitrogens with one attached hydrogen (secondary N) is 1. The van der Waals surface area contributed by atoms with Gasteiger partial charge in [0.15, 0.2) is 0 Å². The summed E-state index contributed by atoms with van der Waals surface area (Å²) in [5.74, 6) is 0.713. The minimum atomic E-state index is -0.321. The Morgan fingerprint density at radius 1 is 1.25 bits per heavy atom. The molecule has 28 heavy (non-hydrogen) atoms. The number of nitrogens with zero attached hydrogens (tertiary/aromatic N) is 2. The van der Waals surface area contributed by atoms with Gasteiger partial charge in [0.2, 0.25) is 0 Å². The second kappa shape index (κ2) is 9.19. The van der Waals surface area contributed by atoms with Crippen molar-refractivity contribution in [1.82, 2.24) is 14.9 Å². The van der Waals surface area contributed by atoms with Crippen LogP contribution in [0.3, 0.4) is 0 Å². The fourth-order valence-corrected chi connectivity index (χ4v) is 3.02. The number of aryl methyl sites for hydroxylation is 1.